The van der Waals surface area contributed by atoms with E-state index in [1.165, 1.54) is 11.8 Å². The zero-order valence-electron chi connectivity index (χ0n) is 22.1. The highest BCUT2D eigenvalue weighted by molar-refractivity contribution is 7.99. The fraction of sp³-hybridized carbons (Fsp3) is 0.267. The van der Waals surface area contributed by atoms with Gasteiger partial charge in [-0.15, -0.1) is 0 Å². The topological polar surface area (TPSA) is 97.5 Å². The van der Waals surface area contributed by atoms with Crippen LogP contribution in [0.3, 0.4) is 0 Å². The molecule has 1 amide bonds. The number of aromatic amines is 1. The molecule has 0 bridgehead atoms. The second kappa shape index (κ2) is 15.0. The molecule has 8 nitrogen and oxygen atoms in total. The number of carbonyl (C=O) groups excluding carboxylic acids is 1. The van der Waals surface area contributed by atoms with Gasteiger partial charge in [0.25, 0.3) is 5.91 Å². The Labute approximate surface area is 232 Å². The number of amides is 1. The van der Waals surface area contributed by atoms with E-state index in [0.29, 0.717) is 50.8 Å². The van der Waals surface area contributed by atoms with Crippen LogP contribution in [0.1, 0.15) is 21.6 Å². The fourth-order valence-corrected chi connectivity index (χ4v) is 4.68. The zero-order chi connectivity index (χ0) is 27.3. The van der Waals surface area contributed by atoms with Gasteiger partial charge in [-0.3, -0.25) is 9.89 Å². The van der Waals surface area contributed by atoms with Gasteiger partial charge in [0, 0.05) is 47.1 Å². The lowest BCUT2D eigenvalue weighted by Crippen LogP contribution is -2.18. The maximum absolute atomic E-state index is 12.2. The number of anilines is 1. The van der Waals surface area contributed by atoms with Gasteiger partial charge in [-0.25, -0.2) is 0 Å². The van der Waals surface area contributed by atoms with Crippen LogP contribution >= 0.6 is 11.8 Å². The maximum Gasteiger partial charge on any atom is 0.252 e. The van der Waals surface area contributed by atoms with Crippen LogP contribution < -0.4 is 10.6 Å². The second-order valence-corrected chi connectivity index (χ2v) is 9.54. The summed E-state index contributed by atoms with van der Waals surface area (Å²) in [7, 11) is 3.29. The number of aromatic nitrogens is 2. The molecule has 3 N–H and O–H groups in total. The molecule has 9 heteroatoms. The van der Waals surface area contributed by atoms with Crippen LogP contribution in [-0.4, -0.2) is 69.8 Å². The lowest BCUT2D eigenvalue weighted by molar-refractivity contribution is 0.0272. The zero-order valence-corrected chi connectivity index (χ0v) is 22.9. The summed E-state index contributed by atoms with van der Waals surface area (Å²) in [5, 5.41) is 14.5. The molecule has 4 rings (SSSR count). The summed E-state index contributed by atoms with van der Waals surface area (Å²) in [6, 6.07) is 21.6. The number of rotatable bonds is 13. The van der Waals surface area contributed by atoms with E-state index in [-0.39, 0.29) is 5.91 Å². The molecule has 202 valence electrons. The number of hydrogen-bond donors (Lipinski definition) is 3. The van der Waals surface area contributed by atoms with Gasteiger partial charge in [0.15, 0.2) is 0 Å². The minimum absolute atomic E-state index is 0.105. The Hall–Kier alpha value is -3.81. The van der Waals surface area contributed by atoms with Crippen LogP contribution in [0.15, 0.2) is 76.5 Å². The van der Waals surface area contributed by atoms with Crippen molar-refractivity contribution in [2.45, 2.75) is 9.79 Å². The van der Waals surface area contributed by atoms with Crippen molar-refractivity contribution in [3.63, 3.8) is 0 Å². The van der Waals surface area contributed by atoms with E-state index in [9.17, 15) is 4.79 Å². The molecule has 3 aromatic carbocycles. The molecule has 0 unspecified atom stereocenters. The number of hydrogen-bond acceptors (Lipinski definition) is 7. The van der Waals surface area contributed by atoms with Gasteiger partial charge in [0.2, 0.25) is 0 Å². The third kappa shape index (κ3) is 8.34. The maximum atomic E-state index is 12.2. The molecule has 0 aliphatic rings. The van der Waals surface area contributed by atoms with Crippen molar-refractivity contribution in [1.29, 1.82) is 0 Å². The molecule has 0 atom stereocenters. The summed E-state index contributed by atoms with van der Waals surface area (Å²) in [6.07, 6.45) is 0. The third-order valence-electron chi connectivity index (χ3n) is 5.71. The Morgan fingerprint density at radius 1 is 0.949 bits per heavy atom. The minimum Gasteiger partial charge on any atom is -0.383 e. The number of benzene rings is 3. The highest BCUT2D eigenvalue weighted by atomic mass is 32.2. The smallest absolute Gasteiger partial charge is 0.252 e. The van der Waals surface area contributed by atoms with Crippen molar-refractivity contribution in [1.82, 2.24) is 15.5 Å². The van der Waals surface area contributed by atoms with Crippen LogP contribution in [0.5, 0.6) is 0 Å². The van der Waals surface area contributed by atoms with Gasteiger partial charge >= 0.3 is 0 Å². The van der Waals surface area contributed by atoms with E-state index in [4.69, 9.17) is 14.2 Å². The minimum atomic E-state index is -0.105. The molecule has 39 heavy (non-hydrogen) atoms. The second-order valence-electron chi connectivity index (χ2n) is 8.43. The first-order valence-corrected chi connectivity index (χ1v) is 13.5. The lowest BCUT2D eigenvalue weighted by atomic mass is 10.2. The summed E-state index contributed by atoms with van der Waals surface area (Å²) in [6.45, 7) is 3.62. The number of H-pyrrole nitrogens is 1. The number of nitrogens with zero attached hydrogens (tertiary/aromatic N) is 1. The monoisotopic (exact) mass is 544 g/mol. The van der Waals surface area contributed by atoms with Crippen molar-refractivity contribution in [2.75, 3.05) is 59.1 Å². The largest absolute Gasteiger partial charge is 0.383 e. The molecule has 0 aliphatic carbocycles. The first-order valence-electron chi connectivity index (χ1n) is 12.7. The van der Waals surface area contributed by atoms with Crippen LogP contribution in [-0.2, 0) is 14.2 Å². The van der Waals surface area contributed by atoms with Crippen LogP contribution in [0.25, 0.3) is 10.9 Å². The number of nitrogens with one attached hydrogen (secondary N) is 3. The van der Waals surface area contributed by atoms with Gasteiger partial charge in [-0.05, 0) is 60.5 Å². The average Bonchev–Trinajstić information content (AvgIpc) is 3.38. The number of carbonyl (C=O) groups is 1. The predicted molar refractivity (Wildman–Crippen MR) is 154 cm³/mol. The molecule has 0 fully saturated rings. The van der Waals surface area contributed by atoms with E-state index in [2.05, 4.69) is 32.7 Å². The van der Waals surface area contributed by atoms with Crippen molar-refractivity contribution in [3.8, 4) is 11.8 Å². The Morgan fingerprint density at radius 2 is 1.72 bits per heavy atom. The molecular formula is C30H32N4O4S. The third-order valence-corrected chi connectivity index (χ3v) is 6.78. The van der Waals surface area contributed by atoms with Crippen LogP contribution in [0, 0.1) is 11.8 Å². The Balaban J connectivity index is 1.30. The number of fused-ring (bicyclic) bond motifs is 1. The van der Waals surface area contributed by atoms with Crippen LogP contribution in [0.2, 0.25) is 0 Å². The average molecular weight is 545 g/mol. The molecular weight excluding hydrogens is 512 g/mol. The first kappa shape index (κ1) is 28.2. The molecule has 4 aromatic rings. The predicted octanol–water partition coefficient (Wildman–Crippen LogP) is 4.57. The van der Waals surface area contributed by atoms with Gasteiger partial charge < -0.3 is 24.8 Å². The van der Waals surface area contributed by atoms with Crippen molar-refractivity contribution in [3.05, 3.63) is 83.6 Å². The molecule has 0 saturated heterocycles. The highest BCUT2D eigenvalue weighted by Gasteiger charge is 2.11. The lowest BCUT2D eigenvalue weighted by Gasteiger charge is -2.08. The van der Waals surface area contributed by atoms with E-state index in [1.807, 2.05) is 66.7 Å². The molecule has 0 spiro atoms. The molecule has 1 aromatic heterocycles. The van der Waals surface area contributed by atoms with E-state index < -0.39 is 0 Å². The van der Waals surface area contributed by atoms with E-state index in [0.717, 1.165) is 31.9 Å². The Morgan fingerprint density at radius 3 is 2.51 bits per heavy atom. The SMILES string of the molecule is CNC(=O)c1ccccc1Sc1ccc2c(C#Cc3ccc(NCCOCCOCCOC)cc3)n[nH]c2c1. The summed E-state index contributed by atoms with van der Waals surface area (Å²) < 4.78 is 15.8. The van der Waals surface area contributed by atoms with Crippen molar-refractivity contribution in [2.24, 2.45) is 0 Å². The van der Waals surface area contributed by atoms with E-state index in [1.54, 1.807) is 14.2 Å². The summed E-state index contributed by atoms with van der Waals surface area (Å²) in [5.74, 6) is 6.27. The quantitative estimate of drug-likeness (QED) is 0.168. The molecule has 0 radical (unpaired) electrons. The van der Waals surface area contributed by atoms with Crippen molar-refractivity contribution < 1.29 is 19.0 Å². The standard InChI is InChI=1S/C30H32N4O4S/c1-31-30(35)26-5-3-4-6-29(26)39-24-12-13-25-27(33-34-28(25)21-24)14-9-22-7-10-23(11-8-22)32-15-16-37-19-20-38-18-17-36-2/h3-8,10-13,21,32H,15-20H2,1-2H3,(H,31,35)(H,33,34). The highest BCUT2D eigenvalue weighted by Crippen LogP contribution is 2.32. The van der Waals surface area contributed by atoms with Gasteiger partial charge in [-0.2, -0.15) is 5.10 Å². The number of methoxy groups -OCH3 is 1. The Kier molecular flexibility index (Phi) is 10.8. The van der Waals surface area contributed by atoms with Crippen LogP contribution in [0.4, 0.5) is 5.69 Å². The van der Waals surface area contributed by atoms with Crippen molar-refractivity contribution >= 4 is 34.3 Å². The van der Waals surface area contributed by atoms with Gasteiger partial charge in [0.1, 0.15) is 5.69 Å². The Bertz CT molecular complexity index is 1430. The molecule has 0 aliphatic heterocycles. The number of ether oxygens (including phenoxy) is 3. The van der Waals surface area contributed by atoms with Gasteiger partial charge in [0.05, 0.1) is 44.1 Å². The summed E-state index contributed by atoms with van der Waals surface area (Å²) >= 11 is 1.54. The molecule has 1 heterocycles. The molecule has 0 saturated carbocycles. The van der Waals surface area contributed by atoms with E-state index >= 15 is 0 Å². The normalized spacial score (nSPS) is 10.7. The fourth-order valence-electron chi connectivity index (χ4n) is 3.70. The summed E-state index contributed by atoms with van der Waals surface area (Å²) in [4.78, 5) is 14.1. The first-order chi connectivity index (χ1) is 19.2. The van der Waals surface area contributed by atoms with Gasteiger partial charge in [-0.1, -0.05) is 29.8 Å². The summed E-state index contributed by atoms with van der Waals surface area (Å²) in [5.41, 5.74) is 4.14.